The van der Waals surface area contributed by atoms with E-state index in [-0.39, 0.29) is 23.3 Å². The number of esters is 1. The van der Waals surface area contributed by atoms with E-state index in [1.807, 2.05) is 0 Å². The molecule has 1 aromatic carbocycles. The van der Waals surface area contributed by atoms with Gasteiger partial charge in [0.25, 0.3) is 5.91 Å². The third-order valence-corrected chi connectivity index (χ3v) is 5.44. The van der Waals surface area contributed by atoms with Crippen molar-refractivity contribution in [3.8, 4) is 0 Å². The molecule has 2 rings (SSSR count). The predicted octanol–water partition coefficient (Wildman–Crippen LogP) is 0.901. The van der Waals surface area contributed by atoms with E-state index in [0.29, 0.717) is 5.69 Å². The number of primary sulfonamides is 1. The Balaban J connectivity index is 1.77. The molecular formula is C18H25N3O6S. The first-order valence-electron chi connectivity index (χ1n) is 9.08. The molecule has 1 aromatic rings. The van der Waals surface area contributed by atoms with Crippen molar-refractivity contribution in [2.24, 2.45) is 11.1 Å². The zero-order chi connectivity index (χ0) is 20.7. The summed E-state index contributed by atoms with van der Waals surface area (Å²) in [6.07, 6.45) is 3.71. The highest BCUT2D eigenvalue weighted by Gasteiger charge is 2.23. The molecule has 0 unspecified atom stereocenters. The van der Waals surface area contributed by atoms with Gasteiger partial charge in [0, 0.05) is 11.6 Å². The van der Waals surface area contributed by atoms with Crippen LogP contribution in [0.3, 0.4) is 0 Å². The molecule has 1 aliphatic carbocycles. The molecule has 1 atom stereocenters. The average Bonchev–Trinajstić information content (AvgIpc) is 2.66. The SMILES string of the molecule is C[C@@H](OC(=O)CNC(=O)C1CCCCC1)C(=O)Nc1ccc(S(N)(=O)=O)cc1. The Morgan fingerprint density at radius 2 is 1.75 bits per heavy atom. The molecule has 4 N–H and O–H groups in total. The summed E-state index contributed by atoms with van der Waals surface area (Å²) in [6.45, 7) is 1.10. The van der Waals surface area contributed by atoms with Crippen molar-refractivity contribution in [2.45, 2.75) is 50.0 Å². The van der Waals surface area contributed by atoms with E-state index in [2.05, 4.69) is 10.6 Å². The molecule has 2 amide bonds. The highest BCUT2D eigenvalue weighted by molar-refractivity contribution is 7.89. The molecule has 0 spiro atoms. The summed E-state index contributed by atoms with van der Waals surface area (Å²) in [6, 6.07) is 5.25. The van der Waals surface area contributed by atoms with Gasteiger partial charge < -0.3 is 15.4 Å². The van der Waals surface area contributed by atoms with E-state index in [1.54, 1.807) is 0 Å². The smallest absolute Gasteiger partial charge is 0.326 e. The van der Waals surface area contributed by atoms with Crippen LogP contribution in [0.2, 0.25) is 0 Å². The molecule has 28 heavy (non-hydrogen) atoms. The summed E-state index contributed by atoms with van der Waals surface area (Å²) < 4.78 is 27.4. The number of nitrogens with one attached hydrogen (secondary N) is 2. The van der Waals surface area contributed by atoms with Crippen LogP contribution >= 0.6 is 0 Å². The van der Waals surface area contributed by atoms with Gasteiger partial charge in [-0.05, 0) is 44.0 Å². The Bertz CT molecular complexity index is 816. The predicted molar refractivity (Wildman–Crippen MR) is 102 cm³/mol. The summed E-state index contributed by atoms with van der Waals surface area (Å²) in [5.74, 6) is -1.53. The highest BCUT2D eigenvalue weighted by atomic mass is 32.2. The van der Waals surface area contributed by atoms with E-state index in [0.717, 1.165) is 32.1 Å². The van der Waals surface area contributed by atoms with Crippen molar-refractivity contribution in [1.82, 2.24) is 5.32 Å². The summed E-state index contributed by atoms with van der Waals surface area (Å²) in [4.78, 5) is 35.9. The molecule has 1 saturated carbocycles. The van der Waals surface area contributed by atoms with Crippen LogP contribution in [0.5, 0.6) is 0 Å². The fraction of sp³-hybridized carbons (Fsp3) is 0.500. The molecule has 0 bridgehead atoms. The Kier molecular flexibility index (Phi) is 7.53. The number of amides is 2. The van der Waals surface area contributed by atoms with Gasteiger partial charge in [-0.25, -0.2) is 13.6 Å². The number of carbonyl (C=O) groups excluding carboxylic acids is 3. The quantitative estimate of drug-likeness (QED) is 0.569. The van der Waals surface area contributed by atoms with Gasteiger partial charge in [-0.15, -0.1) is 0 Å². The lowest BCUT2D eigenvalue weighted by atomic mass is 9.89. The lowest BCUT2D eigenvalue weighted by Gasteiger charge is -2.20. The Hall–Kier alpha value is -2.46. The van der Waals surface area contributed by atoms with Crippen LogP contribution in [0.1, 0.15) is 39.0 Å². The minimum atomic E-state index is -3.82. The van der Waals surface area contributed by atoms with Gasteiger partial charge in [0.15, 0.2) is 6.10 Å². The minimum Gasteiger partial charge on any atom is -0.451 e. The highest BCUT2D eigenvalue weighted by Crippen LogP contribution is 2.23. The Morgan fingerprint density at radius 3 is 2.32 bits per heavy atom. The number of rotatable bonds is 7. The maximum atomic E-state index is 12.1. The van der Waals surface area contributed by atoms with E-state index < -0.39 is 28.0 Å². The van der Waals surface area contributed by atoms with Gasteiger partial charge in [0.05, 0.1) is 4.90 Å². The number of carbonyl (C=O) groups is 3. The van der Waals surface area contributed by atoms with Crippen LogP contribution in [0, 0.1) is 5.92 Å². The summed E-state index contributed by atoms with van der Waals surface area (Å²) in [7, 11) is -3.82. The van der Waals surface area contributed by atoms with Crippen LogP contribution in [0.15, 0.2) is 29.2 Å². The van der Waals surface area contributed by atoms with Crippen LogP contribution in [-0.4, -0.2) is 38.9 Å². The number of sulfonamides is 1. The Labute approximate surface area is 164 Å². The van der Waals surface area contributed by atoms with Crippen molar-refractivity contribution in [3.05, 3.63) is 24.3 Å². The summed E-state index contributed by atoms with van der Waals surface area (Å²) >= 11 is 0. The first kappa shape index (κ1) is 21.8. The fourth-order valence-electron chi connectivity index (χ4n) is 2.93. The van der Waals surface area contributed by atoms with Crippen LogP contribution < -0.4 is 15.8 Å². The molecular weight excluding hydrogens is 386 g/mol. The number of hydrogen-bond acceptors (Lipinski definition) is 6. The molecule has 0 saturated heterocycles. The third kappa shape index (κ3) is 6.61. The zero-order valence-electron chi connectivity index (χ0n) is 15.6. The van der Waals surface area contributed by atoms with E-state index in [4.69, 9.17) is 9.88 Å². The van der Waals surface area contributed by atoms with E-state index >= 15 is 0 Å². The average molecular weight is 411 g/mol. The topological polar surface area (TPSA) is 145 Å². The van der Waals surface area contributed by atoms with Gasteiger partial charge >= 0.3 is 5.97 Å². The zero-order valence-corrected chi connectivity index (χ0v) is 16.5. The lowest BCUT2D eigenvalue weighted by molar-refractivity contribution is -0.153. The molecule has 1 aliphatic rings. The third-order valence-electron chi connectivity index (χ3n) is 4.51. The van der Waals surface area contributed by atoms with Crippen molar-refractivity contribution >= 4 is 33.5 Å². The molecule has 0 heterocycles. The second-order valence-electron chi connectivity index (χ2n) is 6.74. The van der Waals surface area contributed by atoms with Gasteiger partial charge in [0.2, 0.25) is 15.9 Å². The first-order valence-corrected chi connectivity index (χ1v) is 10.6. The van der Waals surface area contributed by atoms with Crippen LogP contribution in [0.4, 0.5) is 5.69 Å². The number of hydrogen-bond donors (Lipinski definition) is 3. The lowest BCUT2D eigenvalue weighted by Crippen LogP contribution is -2.38. The first-order chi connectivity index (χ1) is 13.2. The molecule has 0 radical (unpaired) electrons. The standard InChI is InChI=1S/C18H25N3O6S/c1-12(17(23)21-14-7-9-15(10-8-14)28(19,25)26)27-16(22)11-20-18(24)13-5-3-2-4-6-13/h7-10,12-13H,2-6,11H2,1H3,(H,20,24)(H,21,23)(H2,19,25,26)/t12-/m1/s1. The van der Waals surface area contributed by atoms with Crippen molar-refractivity contribution in [2.75, 3.05) is 11.9 Å². The van der Waals surface area contributed by atoms with Gasteiger partial charge in [-0.1, -0.05) is 19.3 Å². The maximum Gasteiger partial charge on any atom is 0.326 e. The number of anilines is 1. The molecule has 0 aromatic heterocycles. The van der Waals surface area contributed by atoms with Gasteiger partial charge in [0.1, 0.15) is 6.54 Å². The minimum absolute atomic E-state index is 0.0671. The largest absolute Gasteiger partial charge is 0.451 e. The number of ether oxygens (including phenoxy) is 1. The number of nitrogens with two attached hydrogens (primary N) is 1. The van der Waals surface area contributed by atoms with E-state index in [1.165, 1.54) is 31.2 Å². The summed E-state index contributed by atoms with van der Waals surface area (Å²) in [5, 5.41) is 10.1. The normalized spacial score (nSPS) is 16.1. The molecule has 9 nitrogen and oxygen atoms in total. The van der Waals surface area contributed by atoms with Crippen molar-refractivity contribution < 1.29 is 27.5 Å². The second kappa shape index (κ2) is 9.65. The van der Waals surface area contributed by atoms with E-state index in [9.17, 15) is 22.8 Å². The number of benzene rings is 1. The monoisotopic (exact) mass is 411 g/mol. The van der Waals surface area contributed by atoms with Gasteiger partial charge in [-0.3, -0.25) is 14.4 Å². The van der Waals surface area contributed by atoms with Crippen LogP contribution in [0.25, 0.3) is 0 Å². The molecule has 10 heteroatoms. The molecule has 0 aliphatic heterocycles. The maximum absolute atomic E-state index is 12.1. The molecule has 1 fully saturated rings. The van der Waals surface area contributed by atoms with Crippen LogP contribution in [-0.2, 0) is 29.1 Å². The van der Waals surface area contributed by atoms with Crippen molar-refractivity contribution in [3.63, 3.8) is 0 Å². The van der Waals surface area contributed by atoms with Gasteiger partial charge in [-0.2, -0.15) is 0 Å². The molecule has 154 valence electrons. The Morgan fingerprint density at radius 1 is 1.14 bits per heavy atom. The fourth-order valence-corrected chi connectivity index (χ4v) is 3.45. The second-order valence-corrected chi connectivity index (χ2v) is 8.30. The van der Waals surface area contributed by atoms with Crippen molar-refractivity contribution in [1.29, 1.82) is 0 Å². The summed E-state index contributed by atoms with van der Waals surface area (Å²) in [5.41, 5.74) is 0.325.